The van der Waals surface area contributed by atoms with Gasteiger partial charge in [-0.25, -0.2) is 4.98 Å². The Kier molecular flexibility index (Phi) is 3.17. The maximum Gasteiger partial charge on any atom is 0.0907 e. The first-order chi connectivity index (χ1) is 9.22. The van der Waals surface area contributed by atoms with E-state index in [1.807, 2.05) is 31.5 Å². The number of aromatic nitrogens is 2. The number of nitrogens with zero attached hydrogens (tertiary/aromatic N) is 2. The Hall–Kier alpha value is -1.94. The van der Waals surface area contributed by atoms with Gasteiger partial charge in [-0.3, -0.25) is 4.98 Å². The average Bonchev–Trinajstić information content (AvgIpc) is 2.79. The lowest BCUT2D eigenvalue weighted by atomic mass is 10.1. The fraction of sp³-hybridized carbons (Fsp3) is 0.200. The van der Waals surface area contributed by atoms with Crippen molar-refractivity contribution in [2.75, 3.05) is 5.32 Å². The topological polar surface area (TPSA) is 37.8 Å². The molecular weight excluding hydrogens is 254 g/mol. The molecule has 1 N–H and O–H groups in total. The maximum atomic E-state index is 4.47. The van der Waals surface area contributed by atoms with Gasteiger partial charge in [-0.05, 0) is 49.7 Å². The number of benzene rings is 1. The van der Waals surface area contributed by atoms with E-state index >= 15 is 0 Å². The van der Waals surface area contributed by atoms with Gasteiger partial charge in [0, 0.05) is 24.1 Å². The molecule has 1 atom stereocenters. The molecule has 0 radical (unpaired) electrons. The van der Waals surface area contributed by atoms with Crippen LogP contribution < -0.4 is 5.32 Å². The quantitative estimate of drug-likeness (QED) is 0.775. The molecule has 96 valence electrons. The summed E-state index contributed by atoms with van der Waals surface area (Å²) in [4.78, 5) is 8.52. The predicted octanol–water partition coefficient (Wildman–Crippen LogP) is 4.17. The Bertz CT molecular complexity index is 691. The van der Waals surface area contributed by atoms with Crippen molar-refractivity contribution in [1.29, 1.82) is 0 Å². The SMILES string of the molecule is Cc1nc2ccc(NC(C)c3ccncc3)cc2s1. The smallest absolute Gasteiger partial charge is 0.0907 e. The standard InChI is InChI=1S/C15H15N3S/c1-10(12-5-7-16-8-6-12)17-13-3-4-14-15(9-13)19-11(2)18-14/h3-10,17H,1-2H3. The number of pyridine rings is 1. The number of hydrogen-bond donors (Lipinski definition) is 1. The first-order valence-electron chi connectivity index (χ1n) is 6.26. The van der Waals surface area contributed by atoms with E-state index in [1.165, 1.54) is 10.3 Å². The molecule has 0 saturated carbocycles. The molecule has 19 heavy (non-hydrogen) atoms. The van der Waals surface area contributed by atoms with Gasteiger partial charge in [-0.2, -0.15) is 0 Å². The Morgan fingerprint density at radius 2 is 1.95 bits per heavy atom. The number of aryl methyl sites for hydroxylation is 1. The van der Waals surface area contributed by atoms with Crippen LogP contribution in [0.1, 0.15) is 23.5 Å². The minimum absolute atomic E-state index is 0.259. The van der Waals surface area contributed by atoms with E-state index in [1.54, 1.807) is 11.3 Å². The van der Waals surface area contributed by atoms with Crippen molar-refractivity contribution in [2.45, 2.75) is 19.9 Å². The summed E-state index contributed by atoms with van der Waals surface area (Å²) in [6.45, 7) is 4.19. The summed E-state index contributed by atoms with van der Waals surface area (Å²) in [7, 11) is 0. The molecule has 3 rings (SSSR count). The van der Waals surface area contributed by atoms with Crippen molar-refractivity contribution in [1.82, 2.24) is 9.97 Å². The van der Waals surface area contributed by atoms with Crippen LogP contribution in [0.5, 0.6) is 0 Å². The molecule has 0 amide bonds. The normalized spacial score (nSPS) is 12.5. The van der Waals surface area contributed by atoms with Crippen LogP contribution in [-0.4, -0.2) is 9.97 Å². The lowest BCUT2D eigenvalue weighted by Gasteiger charge is -2.15. The van der Waals surface area contributed by atoms with Crippen LogP contribution in [0.2, 0.25) is 0 Å². The Morgan fingerprint density at radius 3 is 2.74 bits per heavy atom. The van der Waals surface area contributed by atoms with Crippen LogP contribution in [0.4, 0.5) is 5.69 Å². The van der Waals surface area contributed by atoms with E-state index in [0.29, 0.717) is 0 Å². The van der Waals surface area contributed by atoms with Crippen molar-refractivity contribution in [2.24, 2.45) is 0 Å². The van der Waals surface area contributed by atoms with Gasteiger partial charge in [0.05, 0.1) is 15.2 Å². The summed E-state index contributed by atoms with van der Waals surface area (Å²) in [6, 6.07) is 10.6. The Labute approximate surface area is 116 Å². The van der Waals surface area contributed by atoms with Crippen LogP contribution in [0, 0.1) is 6.92 Å². The summed E-state index contributed by atoms with van der Waals surface area (Å²) >= 11 is 1.73. The number of thiazole rings is 1. The molecule has 3 nitrogen and oxygen atoms in total. The number of nitrogens with one attached hydrogen (secondary N) is 1. The molecule has 2 heterocycles. The highest BCUT2D eigenvalue weighted by Crippen LogP contribution is 2.26. The highest BCUT2D eigenvalue weighted by atomic mass is 32.1. The van der Waals surface area contributed by atoms with E-state index in [9.17, 15) is 0 Å². The van der Waals surface area contributed by atoms with Crippen molar-refractivity contribution >= 4 is 27.2 Å². The molecule has 1 unspecified atom stereocenters. The molecule has 0 fully saturated rings. The summed E-state index contributed by atoms with van der Waals surface area (Å²) in [6.07, 6.45) is 3.65. The van der Waals surface area contributed by atoms with E-state index < -0.39 is 0 Å². The van der Waals surface area contributed by atoms with Gasteiger partial charge in [-0.15, -0.1) is 11.3 Å². The van der Waals surface area contributed by atoms with Crippen molar-refractivity contribution in [3.63, 3.8) is 0 Å². The van der Waals surface area contributed by atoms with E-state index in [0.717, 1.165) is 16.2 Å². The molecule has 3 aromatic rings. The van der Waals surface area contributed by atoms with Crippen LogP contribution >= 0.6 is 11.3 Å². The van der Waals surface area contributed by atoms with Gasteiger partial charge in [0.1, 0.15) is 0 Å². The van der Waals surface area contributed by atoms with Crippen LogP contribution in [0.3, 0.4) is 0 Å². The van der Waals surface area contributed by atoms with Gasteiger partial charge in [0.15, 0.2) is 0 Å². The first-order valence-corrected chi connectivity index (χ1v) is 7.08. The summed E-state index contributed by atoms with van der Waals surface area (Å²) < 4.78 is 1.23. The highest BCUT2D eigenvalue weighted by Gasteiger charge is 2.06. The second-order valence-corrected chi connectivity index (χ2v) is 5.80. The summed E-state index contributed by atoms with van der Waals surface area (Å²) in [5, 5.41) is 4.62. The molecule has 1 aromatic carbocycles. The maximum absolute atomic E-state index is 4.47. The molecule has 0 aliphatic carbocycles. The van der Waals surface area contributed by atoms with Crippen LogP contribution in [0.15, 0.2) is 42.7 Å². The lowest BCUT2D eigenvalue weighted by molar-refractivity contribution is 0.881. The van der Waals surface area contributed by atoms with E-state index in [2.05, 4.69) is 40.4 Å². The van der Waals surface area contributed by atoms with Gasteiger partial charge < -0.3 is 5.32 Å². The second kappa shape index (κ2) is 4.97. The molecule has 0 saturated heterocycles. The van der Waals surface area contributed by atoms with Gasteiger partial charge >= 0.3 is 0 Å². The zero-order valence-electron chi connectivity index (χ0n) is 10.9. The number of anilines is 1. The zero-order chi connectivity index (χ0) is 13.2. The zero-order valence-corrected chi connectivity index (χ0v) is 11.7. The fourth-order valence-corrected chi connectivity index (χ4v) is 2.98. The number of rotatable bonds is 3. The highest BCUT2D eigenvalue weighted by molar-refractivity contribution is 7.18. The van der Waals surface area contributed by atoms with Crippen LogP contribution in [0.25, 0.3) is 10.2 Å². The Morgan fingerprint density at radius 1 is 1.16 bits per heavy atom. The predicted molar refractivity (Wildman–Crippen MR) is 80.6 cm³/mol. The largest absolute Gasteiger partial charge is 0.378 e. The van der Waals surface area contributed by atoms with Gasteiger partial charge in [-0.1, -0.05) is 0 Å². The summed E-state index contributed by atoms with van der Waals surface area (Å²) in [5.74, 6) is 0. The first kappa shape index (κ1) is 12.1. The molecule has 0 spiro atoms. The molecule has 0 bridgehead atoms. The molecule has 0 aliphatic rings. The average molecular weight is 269 g/mol. The van der Waals surface area contributed by atoms with E-state index in [4.69, 9.17) is 0 Å². The third-order valence-corrected chi connectivity index (χ3v) is 4.02. The third kappa shape index (κ3) is 2.58. The van der Waals surface area contributed by atoms with Gasteiger partial charge in [0.2, 0.25) is 0 Å². The number of fused-ring (bicyclic) bond motifs is 1. The lowest BCUT2D eigenvalue weighted by Crippen LogP contribution is -2.06. The number of hydrogen-bond acceptors (Lipinski definition) is 4. The van der Waals surface area contributed by atoms with Crippen molar-refractivity contribution in [3.8, 4) is 0 Å². The van der Waals surface area contributed by atoms with E-state index in [-0.39, 0.29) is 6.04 Å². The fourth-order valence-electron chi connectivity index (χ4n) is 2.12. The monoisotopic (exact) mass is 269 g/mol. The molecule has 4 heteroatoms. The Balaban J connectivity index is 1.85. The van der Waals surface area contributed by atoms with Crippen molar-refractivity contribution in [3.05, 3.63) is 53.3 Å². The van der Waals surface area contributed by atoms with Crippen molar-refractivity contribution < 1.29 is 0 Å². The molecule has 0 aliphatic heterocycles. The second-order valence-electron chi connectivity index (χ2n) is 4.56. The summed E-state index contributed by atoms with van der Waals surface area (Å²) in [5.41, 5.74) is 3.43. The minimum atomic E-state index is 0.259. The van der Waals surface area contributed by atoms with Crippen LogP contribution in [-0.2, 0) is 0 Å². The van der Waals surface area contributed by atoms with Gasteiger partial charge in [0.25, 0.3) is 0 Å². The third-order valence-electron chi connectivity index (χ3n) is 3.08. The molecule has 2 aromatic heterocycles. The minimum Gasteiger partial charge on any atom is -0.378 e. The molecular formula is C15H15N3S.